The molecule has 0 fully saturated rings. The Balaban J connectivity index is 1.72. The largest absolute Gasteiger partial charge is 0.445 e. The van der Waals surface area contributed by atoms with E-state index in [0.29, 0.717) is 26.9 Å². The van der Waals surface area contributed by atoms with Crippen molar-refractivity contribution >= 4 is 47.0 Å². The molecule has 1 aliphatic rings. The molecule has 33 heavy (non-hydrogen) atoms. The Bertz CT molecular complexity index is 1200. The van der Waals surface area contributed by atoms with Gasteiger partial charge >= 0.3 is 6.09 Å². The van der Waals surface area contributed by atoms with Gasteiger partial charge in [-0.2, -0.15) is 0 Å². The van der Waals surface area contributed by atoms with Gasteiger partial charge in [-0.3, -0.25) is 10.3 Å². The zero-order valence-electron chi connectivity index (χ0n) is 17.7. The first-order valence-corrected chi connectivity index (χ1v) is 11.0. The summed E-state index contributed by atoms with van der Waals surface area (Å²) >= 11 is 12.8. The van der Waals surface area contributed by atoms with Gasteiger partial charge in [0.25, 0.3) is 0 Å². The van der Waals surface area contributed by atoms with E-state index in [1.165, 1.54) is 0 Å². The first-order chi connectivity index (χ1) is 16.0. The number of halogens is 2. The standard InChI is InChI=1S/C25H21Cl2N3O3/c1-30-21-12-11-17(26)13-19(21)23(18-9-5-6-10-20(18)27)28-24(22(30)14-31)29-25(32)33-15-16-7-3-2-4-8-16/h2-14,22,24H,15H2,1H3,(H,29,32). The second-order valence-corrected chi connectivity index (χ2v) is 8.35. The van der Waals surface area contributed by atoms with Crippen LogP contribution < -0.4 is 10.2 Å². The molecule has 0 spiro atoms. The molecular weight excluding hydrogens is 461 g/mol. The number of nitrogens with zero attached hydrogens (tertiary/aromatic N) is 2. The number of aldehydes is 1. The van der Waals surface area contributed by atoms with Gasteiger partial charge in [0, 0.05) is 33.9 Å². The van der Waals surface area contributed by atoms with Gasteiger partial charge in [-0.1, -0.05) is 71.7 Å². The number of hydrogen-bond donors (Lipinski definition) is 1. The molecule has 2 unspecified atom stereocenters. The summed E-state index contributed by atoms with van der Waals surface area (Å²) in [5.41, 5.74) is 3.46. The maximum Gasteiger partial charge on any atom is 0.409 e. The number of hydrogen-bond acceptors (Lipinski definition) is 5. The second kappa shape index (κ2) is 10.1. The summed E-state index contributed by atoms with van der Waals surface area (Å²) in [6.07, 6.45) is -0.858. The molecule has 0 radical (unpaired) electrons. The smallest absolute Gasteiger partial charge is 0.409 e. The number of alkyl carbamates (subject to hydrolysis) is 1. The van der Waals surface area contributed by atoms with Crippen LogP contribution in [0.3, 0.4) is 0 Å². The average molecular weight is 482 g/mol. The highest BCUT2D eigenvalue weighted by atomic mass is 35.5. The number of nitrogens with one attached hydrogen (secondary N) is 1. The summed E-state index contributed by atoms with van der Waals surface area (Å²) in [4.78, 5) is 31.3. The Morgan fingerprint density at radius 3 is 2.52 bits per heavy atom. The fraction of sp³-hybridized carbons (Fsp3) is 0.160. The summed E-state index contributed by atoms with van der Waals surface area (Å²) in [7, 11) is 1.76. The molecule has 1 heterocycles. The number of benzene rings is 3. The fourth-order valence-corrected chi connectivity index (χ4v) is 4.10. The number of carbonyl (C=O) groups is 2. The van der Waals surface area contributed by atoms with Crippen LogP contribution in [0.2, 0.25) is 10.0 Å². The molecule has 3 aromatic rings. The highest BCUT2D eigenvalue weighted by Crippen LogP contribution is 2.33. The molecular formula is C25H21Cl2N3O3. The van der Waals surface area contributed by atoms with Crippen molar-refractivity contribution in [2.75, 3.05) is 11.9 Å². The van der Waals surface area contributed by atoms with E-state index in [-0.39, 0.29) is 6.61 Å². The molecule has 0 aliphatic carbocycles. The summed E-state index contributed by atoms with van der Waals surface area (Å²) in [5.74, 6) is 0. The van der Waals surface area contributed by atoms with Gasteiger partial charge in [0.05, 0.1) is 5.71 Å². The molecule has 3 aromatic carbocycles. The van der Waals surface area contributed by atoms with Crippen molar-refractivity contribution in [3.05, 3.63) is 99.5 Å². The number of fused-ring (bicyclic) bond motifs is 1. The summed E-state index contributed by atoms with van der Waals surface area (Å²) < 4.78 is 5.36. The van der Waals surface area contributed by atoms with E-state index in [0.717, 1.165) is 17.5 Å². The Kier molecular flexibility index (Phi) is 6.96. The number of aliphatic imine (C=N–C) groups is 1. The average Bonchev–Trinajstić information content (AvgIpc) is 2.92. The summed E-state index contributed by atoms with van der Waals surface area (Å²) in [6, 6.07) is 21.1. The molecule has 0 bridgehead atoms. The van der Waals surface area contributed by atoms with Crippen molar-refractivity contribution in [2.24, 2.45) is 4.99 Å². The van der Waals surface area contributed by atoms with Crippen molar-refractivity contribution in [3.63, 3.8) is 0 Å². The third-order valence-corrected chi connectivity index (χ3v) is 5.94. The minimum Gasteiger partial charge on any atom is -0.445 e. The maximum atomic E-state index is 12.6. The van der Waals surface area contributed by atoms with Crippen LogP contribution in [0.5, 0.6) is 0 Å². The molecule has 0 aromatic heterocycles. The summed E-state index contributed by atoms with van der Waals surface area (Å²) in [5, 5.41) is 3.73. The predicted octanol–water partition coefficient (Wildman–Crippen LogP) is 5.10. The van der Waals surface area contributed by atoms with Crippen molar-refractivity contribution < 1.29 is 14.3 Å². The van der Waals surface area contributed by atoms with Crippen LogP contribution >= 0.6 is 23.2 Å². The lowest BCUT2D eigenvalue weighted by Gasteiger charge is -2.29. The van der Waals surface area contributed by atoms with E-state index in [2.05, 4.69) is 5.32 Å². The zero-order valence-corrected chi connectivity index (χ0v) is 19.3. The number of benzodiazepines with no additional fused rings is 1. The highest BCUT2D eigenvalue weighted by molar-refractivity contribution is 6.36. The predicted molar refractivity (Wildman–Crippen MR) is 130 cm³/mol. The van der Waals surface area contributed by atoms with Crippen LogP contribution in [0, 0.1) is 0 Å². The van der Waals surface area contributed by atoms with E-state index >= 15 is 0 Å². The molecule has 168 valence electrons. The first-order valence-electron chi connectivity index (χ1n) is 10.3. The minimum absolute atomic E-state index is 0.0951. The van der Waals surface area contributed by atoms with E-state index in [9.17, 15) is 9.59 Å². The lowest BCUT2D eigenvalue weighted by molar-refractivity contribution is -0.109. The van der Waals surface area contributed by atoms with E-state index in [1.54, 1.807) is 30.1 Å². The summed E-state index contributed by atoms with van der Waals surface area (Å²) in [6.45, 7) is 0.0951. The SMILES string of the molecule is CN1c2ccc(Cl)cc2C(c2ccccc2Cl)=NC(NC(=O)OCc2ccccc2)C1C=O. The molecule has 1 amide bonds. The number of amides is 1. The van der Waals surface area contributed by atoms with E-state index in [1.807, 2.05) is 54.6 Å². The van der Waals surface area contributed by atoms with Crippen molar-refractivity contribution in [1.82, 2.24) is 5.32 Å². The molecule has 2 atom stereocenters. The zero-order chi connectivity index (χ0) is 23.4. The second-order valence-electron chi connectivity index (χ2n) is 7.51. The highest BCUT2D eigenvalue weighted by Gasteiger charge is 2.33. The van der Waals surface area contributed by atoms with Crippen LogP contribution in [-0.4, -0.2) is 37.3 Å². The molecule has 8 heteroatoms. The quantitative estimate of drug-likeness (QED) is 0.514. The lowest BCUT2D eigenvalue weighted by Crippen LogP contribution is -2.50. The van der Waals surface area contributed by atoms with Gasteiger partial charge in [0.15, 0.2) is 6.17 Å². The number of likely N-dealkylation sites (N-methyl/N-ethyl adjacent to an activating group) is 1. The fourth-order valence-electron chi connectivity index (χ4n) is 3.70. The van der Waals surface area contributed by atoms with Crippen molar-refractivity contribution in [1.29, 1.82) is 0 Å². The third kappa shape index (κ3) is 5.02. The molecule has 4 rings (SSSR count). The van der Waals surface area contributed by atoms with Crippen LogP contribution in [-0.2, 0) is 16.1 Å². The molecule has 0 saturated carbocycles. The van der Waals surface area contributed by atoms with Crippen LogP contribution in [0.25, 0.3) is 0 Å². The first kappa shape index (κ1) is 22.8. The normalized spacial score (nSPS) is 17.4. The Labute approximate surface area is 201 Å². The Hall–Kier alpha value is -3.35. The van der Waals surface area contributed by atoms with Crippen LogP contribution in [0.4, 0.5) is 10.5 Å². The Morgan fingerprint density at radius 1 is 1.06 bits per heavy atom. The number of ether oxygens (including phenoxy) is 1. The van der Waals surface area contributed by atoms with Crippen molar-refractivity contribution in [3.8, 4) is 0 Å². The minimum atomic E-state index is -0.923. The van der Waals surface area contributed by atoms with Gasteiger partial charge in [-0.05, 0) is 29.8 Å². The van der Waals surface area contributed by atoms with Crippen LogP contribution in [0.1, 0.15) is 16.7 Å². The molecule has 0 saturated heterocycles. The van der Waals surface area contributed by atoms with Crippen molar-refractivity contribution in [2.45, 2.75) is 18.8 Å². The topological polar surface area (TPSA) is 71.0 Å². The van der Waals surface area contributed by atoms with E-state index in [4.69, 9.17) is 32.9 Å². The van der Waals surface area contributed by atoms with Gasteiger partial charge < -0.3 is 14.4 Å². The van der Waals surface area contributed by atoms with Gasteiger partial charge in [0.1, 0.15) is 18.9 Å². The number of rotatable bonds is 5. The van der Waals surface area contributed by atoms with Gasteiger partial charge in [-0.25, -0.2) is 4.79 Å². The number of carbonyl (C=O) groups excluding carboxylic acids is 2. The van der Waals surface area contributed by atoms with Crippen LogP contribution in [0.15, 0.2) is 77.8 Å². The Morgan fingerprint density at radius 2 is 1.79 bits per heavy atom. The van der Waals surface area contributed by atoms with Gasteiger partial charge in [0.2, 0.25) is 0 Å². The van der Waals surface area contributed by atoms with E-state index < -0.39 is 18.3 Å². The molecule has 6 nitrogen and oxygen atoms in total. The third-order valence-electron chi connectivity index (χ3n) is 5.38. The number of anilines is 1. The lowest BCUT2D eigenvalue weighted by atomic mass is 10.00. The molecule has 1 aliphatic heterocycles. The van der Waals surface area contributed by atoms with Gasteiger partial charge in [-0.15, -0.1) is 0 Å². The maximum absolute atomic E-state index is 12.6. The molecule has 1 N–H and O–H groups in total. The monoisotopic (exact) mass is 481 g/mol.